The summed E-state index contributed by atoms with van der Waals surface area (Å²) < 4.78 is 11.5. The van der Waals surface area contributed by atoms with Crippen molar-refractivity contribution in [2.24, 2.45) is 11.7 Å². The Hall–Kier alpha value is -0.900. The van der Waals surface area contributed by atoms with Gasteiger partial charge in [-0.25, -0.2) is 0 Å². The van der Waals surface area contributed by atoms with Crippen LogP contribution in [0, 0.1) is 12.8 Å². The summed E-state index contributed by atoms with van der Waals surface area (Å²) in [5.74, 6) is 0.575. The summed E-state index contributed by atoms with van der Waals surface area (Å²) in [5.41, 5.74) is 9.16. The third-order valence-corrected chi connectivity index (χ3v) is 5.09. The molecule has 116 valence electrons. The van der Waals surface area contributed by atoms with Crippen molar-refractivity contribution < 1.29 is 9.47 Å². The standard InChI is InChI=1S/C18H27NO2/c1-14-2-4-15(5-3-14)6-7-17(19)16-8-10-21-18(12-16)9-11-20-13-18/h2-5,16-17H,6-13,19H2,1H3. The van der Waals surface area contributed by atoms with Gasteiger partial charge in [0.1, 0.15) is 0 Å². The van der Waals surface area contributed by atoms with Gasteiger partial charge in [0.15, 0.2) is 0 Å². The van der Waals surface area contributed by atoms with E-state index in [2.05, 4.69) is 31.2 Å². The van der Waals surface area contributed by atoms with Crippen LogP contribution in [0.2, 0.25) is 0 Å². The van der Waals surface area contributed by atoms with Gasteiger partial charge in [-0.3, -0.25) is 0 Å². The van der Waals surface area contributed by atoms with E-state index in [1.54, 1.807) is 0 Å². The minimum absolute atomic E-state index is 0.0234. The van der Waals surface area contributed by atoms with E-state index in [1.807, 2.05) is 0 Å². The number of rotatable bonds is 4. The highest BCUT2D eigenvalue weighted by Crippen LogP contribution is 2.37. The fraction of sp³-hybridized carbons (Fsp3) is 0.667. The Bertz CT molecular complexity index is 451. The predicted octanol–water partition coefficient (Wildman–Crippen LogP) is 2.84. The summed E-state index contributed by atoms with van der Waals surface area (Å²) in [7, 11) is 0. The lowest BCUT2D eigenvalue weighted by atomic mass is 9.80. The molecule has 3 heteroatoms. The number of nitrogens with two attached hydrogens (primary N) is 1. The van der Waals surface area contributed by atoms with Gasteiger partial charge in [0.05, 0.1) is 12.2 Å². The second kappa shape index (κ2) is 6.47. The van der Waals surface area contributed by atoms with Crippen LogP contribution in [0.1, 0.15) is 36.8 Å². The van der Waals surface area contributed by atoms with Crippen molar-refractivity contribution in [3.05, 3.63) is 35.4 Å². The average Bonchev–Trinajstić information content (AvgIpc) is 2.94. The first-order valence-electron chi connectivity index (χ1n) is 8.20. The molecular weight excluding hydrogens is 262 g/mol. The molecule has 2 aliphatic rings. The summed E-state index contributed by atoms with van der Waals surface area (Å²) >= 11 is 0. The fourth-order valence-corrected chi connectivity index (χ4v) is 3.62. The van der Waals surface area contributed by atoms with E-state index in [0.29, 0.717) is 5.92 Å². The molecule has 21 heavy (non-hydrogen) atoms. The summed E-state index contributed by atoms with van der Waals surface area (Å²) in [4.78, 5) is 0. The molecule has 1 aromatic carbocycles. The van der Waals surface area contributed by atoms with Gasteiger partial charge < -0.3 is 15.2 Å². The maximum Gasteiger partial charge on any atom is 0.0939 e. The zero-order chi connectivity index (χ0) is 14.7. The van der Waals surface area contributed by atoms with Gasteiger partial charge in [-0.1, -0.05) is 29.8 Å². The van der Waals surface area contributed by atoms with E-state index in [4.69, 9.17) is 15.2 Å². The smallest absolute Gasteiger partial charge is 0.0939 e. The minimum Gasteiger partial charge on any atom is -0.378 e. The average molecular weight is 289 g/mol. The SMILES string of the molecule is Cc1ccc(CCC(N)C2CCOC3(CCOC3)C2)cc1. The lowest BCUT2D eigenvalue weighted by Crippen LogP contribution is -2.45. The monoisotopic (exact) mass is 289 g/mol. The molecule has 0 bridgehead atoms. The molecule has 2 aliphatic heterocycles. The molecule has 0 radical (unpaired) electrons. The highest BCUT2D eigenvalue weighted by atomic mass is 16.6. The third kappa shape index (κ3) is 3.65. The maximum atomic E-state index is 6.48. The van der Waals surface area contributed by atoms with Gasteiger partial charge in [0, 0.05) is 25.7 Å². The van der Waals surface area contributed by atoms with Crippen LogP contribution in [-0.2, 0) is 15.9 Å². The molecule has 3 atom stereocenters. The number of benzene rings is 1. The zero-order valence-electron chi connectivity index (χ0n) is 13.0. The minimum atomic E-state index is -0.0234. The van der Waals surface area contributed by atoms with Crippen molar-refractivity contribution in [2.45, 2.75) is 50.7 Å². The molecule has 2 N–H and O–H groups in total. The van der Waals surface area contributed by atoms with Crippen molar-refractivity contribution in [3.63, 3.8) is 0 Å². The topological polar surface area (TPSA) is 44.5 Å². The zero-order valence-corrected chi connectivity index (χ0v) is 13.0. The molecule has 3 unspecified atom stereocenters. The molecule has 2 saturated heterocycles. The Morgan fingerprint density at radius 2 is 2.10 bits per heavy atom. The summed E-state index contributed by atoms with van der Waals surface area (Å²) in [5, 5.41) is 0. The van der Waals surface area contributed by atoms with E-state index >= 15 is 0 Å². The van der Waals surface area contributed by atoms with Crippen molar-refractivity contribution in [2.75, 3.05) is 19.8 Å². The van der Waals surface area contributed by atoms with Crippen LogP contribution >= 0.6 is 0 Å². The largest absolute Gasteiger partial charge is 0.378 e. The summed E-state index contributed by atoms with van der Waals surface area (Å²) in [6.07, 6.45) is 5.33. The summed E-state index contributed by atoms with van der Waals surface area (Å²) in [6, 6.07) is 9.07. The highest BCUT2D eigenvalue weighted by molar-refractivity contribution is 5.21. The maximum absolute atomic E-state index is 6.48. The van der Waals surface area contributed by atoms with Crippen LogP contribution in [0.5, 0.6) is 0 Å². The third-order valence-electron chi connectivity index (χ3n) is 5.09. The van der Waals surface area contributed by atoms with Gasteiger partial charge in [-0.05, 0) is 44.1 Å². The lowest BCUT2D eigenvalue weighted by Gasteiger charge is -2.39. The first-order valence-corrected chi connectivity index (χ1v) is 8.20. The molecule has 0 saturated carbocycles. The number of aryl methyl sites for hydroxylation is 2. The number of ether oxygens (including phenoxy) is 2. The van der Waals surface area contributed by atoms with Crippen molar-refractivity contribution in [3.8, 4) is 0 Å². The molecule has 0 aliphatic carbocycles. The van der Waals surface area contributed by atoms with Crippen molar-refractivity contribution >= 4 is 0 Å². The van der Waals surface area contributed by atoms with Crippen LogP contribution < -0.4 is 5.73 Å². The van der Waals surface area contributed by atoms with Crippen molar-refractivity contribution in [1.82, 2.24) is 0 Å². The Morgan fingerprint density at radius 3 is 2.81 bits per heavy atom. The Kier molecular flexibility index (Phi) is 4.63. The Labute approximate surface area is 127 Å². The van der Waals surface area contributed by atoms with Gasteiger partial charge >= 0.3 is 0 Å². The van der Waals surface area contributed by atoms with Gasteiger partial charge in [-0.2, -0.15) is 0 Å². The normalized spacial score (nSPS) is 30.7. The van der Waals surface area contributed by atoms with Crippen LogP contribution in [0.25, 0.3) is 0 Å². The van der Waals surface area contributed by atoms with E-state index in [9.17, 15) is 0 Å². The molecule has 2 fully saturated rings. The van der Waals surface area contributed by atoms with E-state index < -0.39 is 0 Å². The van der Waals surface area contributed by atoms with Gasteiger partial charge in [-0.15, -0.1) is 0 Å². The number of hydrogen-bond acceptors (Lipinski definition) is 3. The van der Waals surface area contributed by atoms with Crippen LogP contribution in [0.15, 0.2) is 24.3 Å². The van der Waals surface area contributed by atoms with E-state index in [1.165, 1.54) is 11.1 Å². The number of hydrogen-bond donors (Lipinski definition) is 1. The molecule has 1 aromatic rings. The van der Waals surface area contributed by atoms with E-state index in [-0.39, 0.29) is 11.6 Å². The Balaban J connectivity index is 1.52. The van der Waals surface area contributed by atoms with Gasteiger partial charge in [0.25, 0.3) is 0 Å². The van der Waals surface area contributed by atoms with Crippen LogP contribution in [0.3, 0.4) is 0 Å². The lowest BCUT2D eigenvalue weighted by molar-refractivity contribution is -0.101. The van der Waals surface area contributed by atoms with Crippen LogP contribution in [0.4, 0.5) is 0 Å². The van der Waals surface area contributed by atoms with Crippen LogP contribution in [-0.4, -0.2) is 31.5 Å². The first-order chi connectivity index (χ1) is 10.2. The predicted molar refractivity (Wildman–Crippen MR) is 84.3 cm³/mol. The van der Waals surface area contributed by atoms with Gasteiger partial charge in [0.2, 0.25) is 0 Å². The van der Waals surface area contributed by atoms with E-state index in [0.717, 1.165) is 51.9 Å². The molecule has 1 spiro atoms. The molecule has 3 rings (SSSR count). The van der Waals surface area contributed by atoms with Crippen molar-refractivity contribution in [1.29, 1.82) is 0 Å². The second-order valence-corrected chi connectivity index (χ2v) is 6.78. The summed E-state index contributed by atoms with van der Waals surface area (Å²) in [6.45, 7) is 4.56. The highest BCUT2D eigenvalue weighted by Gasteiger charge is 2.42. The fourth-order valence-electron chi connectivity index (χ4n) is 3.62. The molecule has 0 amide bonds. The first kappa shape index (κ1) is 15.0. The molecule has 3 nitrogen and oxygen atoms in total. The molecule has 0 aromatic heterocycles. The quantitative estimate of drug-likeness (QED) is 0.927. The Morgan fingerprint density at radius 1 is 1.29 bits per heavy atom. The molecule has 2 heterocycles. The second-order valence-electron chi connectivity index (χ2n) is 6.78. The molecular formula is C18H27NO2.